The summed E-state index contributed by atoms with van der Waals surface area (Å²) in [6.45, 7) is 33.4. The van der Waals surface area contributed by atoms with Gasteiger partial charge in [0.1, 0.15) is 0 Å². The fourth-order valence-electron chi connectivity index (χ4n) is 2.76. The minimum Gasteiger partial charge on any atom is -0.434 e. The maximum Gasteiger partial charge on any atom is 0.468 e. The highest BCUT2D eigenvalue weighted by molar-refractivity contribution is 6.94. The van der Waals surface area contributed by atoms with Gasteiger partial charge in [0.05, 0.1) is 0 Å². The molecule has 0 aromatic rings. The molecule has 0 aliphatic heterocycles. The Kier molecular flexibility index (Phi) is 9.36. The van der Waals surface area contributed by atoms with Crippen molar-refractivity contribution in [1.82, 2.24) is 0 Å². The van der Waals surface area contributed by atoms with Gasteiger partial charge in [-0.25, -0.2) is 0 Å². The molecule has 5 nitrogen and oxygen atoms in total. The van der Waals surface area contributed by atoms with Crippen LogP contribution in [0.2, 0.25) is 78.6 Å². The SMILES string of the molecule is C=C[Si](C)(O[Si](C)(C)C)O[Si](C)(C=C)O[Si](C)(O[Si](C)(C)C)O[Si](C)(C)C. The number of rotatable bonds is 12. The zero-order valence-electron chi connectivity index (χ0n) is 19.6. The van der Waals surface area contributed by atoms with Crippen LogP contribution < -0.4 is 0 Å². The lowest BCUT2D eigenvalue weighted by Gasteiger charge is -2.43. The first kappa shape index (κ1) is 27.6. The molecule has 2 atom stereocenters. The quantitative estimate of drug-likeness (QED) is 0.332. The van der Waals surface area contributed by atoms with Crippen molar-refractivity contribution in [2.45, 2.75) is 78.6 Å². The molecule has 0 spiro atoms. The average molecular weight is 483 g/mol. The van der Waals surface area contributed by atoms with Crippen molar-refractivity contribution in [3.05, 3.63) is 24.6 Å². The second kappa shape index (κ2) is 9.16. The molecule has 0 saturated heterocycles. The van der Waals surface area contributed by atoms with Gasteiger partial charge in [0.15, 0.2) is 25.0 Å². The van der Waals surface area contributed by atoms with Crippen molar-refractivity contribution in [1.29, 1.82) is 0 Å². The number of hydrogen-bond donors (Lipinski definition) is 0. The lowest BCUT2D eigenvalue weighted by Crippen LogP contribution is -2.63. The standard InChI is InChI=1S/C16H42O5Si6/c1-15-25(12,17-22(3,4)5)20-26(13,16-2)21-27(14,18-23(6,7)8)19-24(9,10)11/h15-16H,1-2H2,3-14H3. The van der Waals surface area contributed by atoms with Crippen LogP contribution in [0.5, 0.6) is 0 Å². The third-order valence-corrected chi connectivity index (χ3v) is 22.8. The van der Waals surface area contributed by atoms with Crippen LogP contribution in [-0.2, 0) is 20.6 Å². The molecule has 0 radical (unpaired) electrons. The minimum absolute atomic E-state index is 1.80. The summed E-state index contributed by atoms with van der Waals surface area (Å²) in [5, 5.41) is 0. The lowest BCUT2D eigenvalue weighted by atomic mass is 11.3. The first-order valence-electron chi connectivity index (χ1n) is 9.44. The molecular formula is C16H42O5Si6. The first-order chi connectivity index (χ1) is 11.7. The molecule has 160 valence electrons. The summed E-state index contributed by atoms with van der Waals surface area (Å²) in [5.74, 6) is 0. The Hall–Kier alpha value is 0.581. The molecule has 0 N–H and O–H groups in total. The van der Waals surface area contributed by atoms with Crippen LogP contribution in [0.3, 0.4) is 0 Å². The van der Waals surface area contributed by atoms with Gasteiger partial charge in [-0.15, -0.1) is 13.2 Å². The summed E-state index contributed by atoms with van der Waals surface area (Å²) in [4.78, 5) is 0. The zero-order valence-corrected chi connectivity index (χ0v) is 25.6. The maximum absolute atomic E-state index is 6.62. The van der Waals surface area contributed by atoms with Gasteiger partial charge in [-0.05, 0) is 72.0 Å². The molecule has 0 saturated carbocycles. The molecule has 0 aromatic carbocycles. The van der Waals surface area contributed by atoms with Crippen molar-refractivity contribution >= 4 is 50.9 Å². The molecule has 2 unspecified atom stereocenters. The molecule has 0 aliphatic carbocycles. The molecule has 0 aliphatic rings. The Balaban J connectivity index is 5.79. The maximum atomic E-state index is 6.62. The molecule has 0 heterocycles. The first-order valence-corrected chi connectivity index (χ1v) is 26.7. The van der Waals surface area contributed by atoms with Crippen molar-refractivity contribution in [3.63, 3.8) is 0 Å². The van der Waals surface area contributed by atoms with Crippen molar-refractivity contribution in [2.75, 3.05) is 0 Å². The Morgan fingerprint density at radius 3 is 1.00 bits per heavy atom. The van der Waals surface area contributed by atoms with E-state index < -0.39 is 50.9 Å². The zero-order chi connectivity index (χ0) is 21.9. The molecule has 0 amide bonds. The average Bonchev–Trinajstić information content (AvgIpc) is 2.30. The Bertz CT molecular complexity index is 509. The van der Waals surface area contributed by atoms with E-state index in [9.17, 15) is 0 Å². The summed E-state index contributed by atoms with van der Waals surface area (Å²) >= 11 is 0. The highest BCUT2D eigenvalue weighted by atomic mass is 28.5. The van der Waals surface area contributed by atoms with Crippen LogP contribution in [0.1, 0.15) is 0 Å². The van der Waals surface area contributed by atoms with Crippen molar-refractivity contribution in [2.24, 2.45) is 0 Å². The van der Waals surface area contributed by atoms with Crippen LogP contribution in [-0.4, -0.2) is 50.9 Å². The van der Waals surface area contributed by atoms with Gasteiger partial charge in [0, 0.05) is 6.55 Å². The normalized spacial score (nSPS) is 18.5. The molecule has 0 aromatic heterocycles. The van der Waals surface area contributed by atoms with Crippen molar-refractivity contribution in [3.8, 4) is 0 Å². The van der Waals surface area contributed by atoms with E-state index >= 15 is 0 Å². The van der Waals surface area contributed by atoms with Crippen LogP contribution in [0.4, 0.5) is 0 Å². The van der Waals surface area contributed by atoms with Gasteiger partial charge >= 0.3 is 25.9 Å². The highest BCUT2D eigenvalue weighted by Gasteiger charge is 2.51. The summed E-state index contributed by atoms with van der Waals surface area (Å²) in [6.07, 6.45) is 0. The molecule has 11 heteroatoms. The van der Waals surface area contributed by atoms with Crippen LogP contribution in [0.25, 0.3) is 0 Å². The molecule has 27 heavy (non-hydrogen) atoms. The molecular weight excluding hydrogens is 441 g/mol. The summed E-state index contributed by atoms with van der Waals surface area (Å²) in [5.41, 5.74) is 3.64. The third kappa shape index (κ3) is 12.0. The van der Waals surface area contributed by atoms with Crippen LogP contribution in [0, 0.1) is 0 Å². The predicted molar refractivity (Wildman–Crippen MR) is 131 cm³/mol. The van der Waals surface area contributed by atoms with E-state index in [2.05, 4.69) is 72.1 Å². The predicted octanol–water partition coefficient (Wildman–Crippen LogP) is 5.74. The van der Waals surface area contributed by atoms with Gasteiger partial charge in [0.2, 0.25) is 0 Å². The third-order valence-electron chi connectivity index (χ3n) is 3.03. The Labute approximate surface area is 174 Å². The molecule has 0 fully saturated rings. The second-order valence-corrected chi connectivity index (χ2v) is 33.5. The summed E-state index contributed by atoms with van der Waals surface area (Å²) < 4.78 is 32.5. The molecule has 0 rings (SSSR count). The van der Waals surface area contributed by atoms with Gasteiger partial charge in [-0.1, -0.05) is 11.4 Å². The van der Waals surface area contributed by atoms with E-state index in [0.29, 0.717) is 0 Å². The van der Waals surface area contributed by atoms with Gasteiger partial charge in [0.25, 0.3) is 0 Å². The smallest absolute Gasteiger partial charge is 0.434 e. The fourth-order valence-corrected chi connectivity index (χ4v) is 26.7. The van der Waals surface area contributed by atoms with E-state index in [1.807, 2.05) is 31.0 Å². The van der Waals surface area contributed by atoms with Gasteiger partial charge in [-0.3, -0.25) is 0 Å². The molecule has 0 bridgehead atoms. The monoisotopic (exact) mass is 482 g/mol. The van der Waals surface area contributed by atoms with E-state index in [1.165, 1.54) is 0 Å². The highest BCUT2D eigenvalue weighted by Crippen LogP contribution is 2.29. The van der Waals surface area contributed by atoms with Crippen molar-refractivity contribution < 1.29 is 20.6 Å². The Morgan fingerprint density at radius 1 is 0.444 bits per heavy atom. The van der Waals surface area contributed by atoms with E-state index in [0.717, 1.165) is 0 Å². The minimum atomic E-state index is -2.92. The number of hydrogen-bond acceptors (Lipinski definition) is 5. The van der Waals surface area contributed by atoms with Crippen LogP contribution >= 0.6 is 0 Å². The fraction of sp³-hybridized carbons (Fsp3) is 0.750. The Morgan fingerprint density at radius 2 is 0.741 bits per heavy atom. The largest absolute Gasteiger partial charge is 0.468 e. The topological polar surface area (TPSA) is 46.2 Å². The van der Waals surface area contributed by atoms with E-state index in [-0.39, 0.29) is 0 Å². The second-order valence-electron chi connectivity index (χ2n) is 10.1. The van der Waals surface area contributed by atoms with Gasteiger partial charge < -0.3 is 20.6 Å². The lowest BCUT2D eigenvalue weighted by molar-refractivity contribution is 0.231. The summed E-state index contributed by atoms with van der Waals surface area (Å²) in [7, 11) is -13.9. The van der Waals surface area contributed by atoms with Crippen LogP contribution in [0.15, 0.2) is 24.6 Å². The van der Waals surface area contributed by atoms with Gasteiger partial charge in [-0.2, -0.15) is 0 Å². The van der Waals surface area contributed by atoms with E-state index in [1.54, 1.807) is 0 Å². The van der Waals surface area contributed by atoms with E-state index in [4.69, 9.17) is 20.6 Å². The summed E-state index contributed by atoms with van der Waals surface area (Å²) in [6, 6.07) is 0.